The molecule has 1 aliphatic rings. The Kier molecular flexibility index (Phi) is 4.35. The Morgan fingerprint density at radius 2 is 2.28 bits per heavy atom. The summed E-state index contributed by atoms with van der Waals surface area (Å²) in [4.78, 5) is 11.9. The van der Waals surface area contributed by atoms with Crippen LogP contribution in [-0.2, 0) is 4.74 Å². The van der Waals surface area contributed by atoms with Gasteiger partial charge in [0.15, 0.2) is 0 Å². The highest BCUT2D eigenvalue weighted by atomic mass is 79.9. The molecule has 2 rings (SSSR count). The second kappa shape index (κ2) is 5.80. The van der Waals surface area contributed by atoms with Gasteiger partial charge in [-0.05, 0) is 38.0 Å². The maximum absolute atomic E-state index is 13.5. The van der Waals surface area contributed by atoms with Gasteiger partial charge in [0, 0.05) is 17.1 Å². The van der Waals surface area contributed by atoms with Gasteiger partial charge in [0.1, 0.15) is 5.82 Å². The van der Waals surface area contributed by atoms with Crippen LogP contribution >= 0.6 is 15.9 Å². The lowest BCUT2D eigenvalue weighted by Crippen LogP contribution is -2.48. The van der Waals surface area contributed by atoms with Crippen LogP contribution in [0.2, 0.25) is 0 Å². The van der Waals surface area contributed by atoms with Crippen molar-refractivity contribution < 1.29 is 13.9 Å². The molecule has 5 heteroatoms. The minimum Gasteiger partial charge on any atom is -0.378 e. The summed E-state index contributed by atoms with van der Waals surface area (Å²) < 4.78 is 19.6. The fourth-order valence-electron chi connectivity index (χ4n) is 1.99. The van der Waals surface area contributed by atoms with Gasteiger partial charge in [-0.2, -0.15) is 0 Å². The second-order valence-corrected chi connectivity index (χ2v) is 5.26. The number of hydrogen-bond acceptors (Lipinski definition) is 2. The van der Waals surface area contributed by atoms with E-state index in [4.69, 9.17) is 4.74 Å². The molecule has 1 fully saturated rings. The number of rotatable bonds is 4. The van der Waals surface area contributed by atoms with Gasteiger partial charge in [0.05, 0.1) is 11.7 Å². The molecular weight excluding hydrogens is 301 g/mol. The fourth-order valence-corrected chi connectivity index (χ4v) is 2.35. The van der Waals surface area contributed by atoms with E-state index < -0.39 is 5.82 Å². The van der Waals surface area contributed by atoms with Crippen molar-refractivity contribution in [2.75, 3.05) is 6.61 Å². The summed E-state index contributed by atoms with van der Waals surface area (Å²) in [6.07, 6.45) is 1.83. The molecule has 0 heterocycles. The van der Waals surface area contributed by atoms with E-state index in [2.05, 4.69) is 21.2 Å². The summed E-state index contributed by atoms with van der Waals surface area (Å²) in [5.74, 6) is -0.870. The Morgan fingerprint density at radius 1 is 1.56 bits per heavy atom. The molecule has 1 saturated carbocycles. The molecule has 18 heavy (non-hydrogen) atoms. The summed E-state index contributed by atoms with van der Waals surface area (Å²) >= 11 is 3.23. The Morgan fingerprint density at radius 3 is 2.94 bits per heavy atom. The molecule has 1 amide bonds. The van der Waals surface area contributed by atoms with Crippen LogP contribution in [0.3, 0.4) is 0 Å². The van der Waals surface area contributed by atoms with Crippen LogP contribution in [0, 0.1) is 5.82 Å². The van der Waals surface area contributed by atoms with E-state index in [9.17, 15) is 9.18 Å². The number of carbonyl (C=O) groups is 1. The lowest BCUT2D eigenvalue weighted by atomic mass is 9.89. The summed E-state index contributed by atoms with van der Waals surface area (Å²) in [6, 6.07) is 4.43. The normalized spacial score (nSPS) is 22.4. The van der Waals surface area contributed by atoms with Crippen LogP contribution in [-0.4, -0.2) is 24.7 Å². The smallest absolute Gasteiger partial charge is 0.254 e. The zero-order valence-electron chi connectivity index (χ0n) is 10.1. The molecule has 0 atom stereocenters. The third kappa shape index (κ3) is 3.09. The first-order valence-electron chi connectivity index (χ1n) is 5.97. The summed E-state index contributed by atoms with van der Waals surface area (Å²) in [5.41, 5.74) is 0.0734. The van der Waals surface area contributed by atoms with Crippen molar-refractivity contribution in [1.29, 1.82) is 0 Å². The van der Waals surface area contributed by atoms with E-state index in [0.29, 0.717) is 11.1 Å². The highest BCUT2D eigenvalue weighted by Crippen LogP contribution is 2.24. The number of benzene rings is 1. The van der Waals surface area contributed by atoms with Crippen molar-refractivity contribution in [2.45, 2.75) is 31.9 Å². The van der Waals surface area contributed by atoms with Crippen molar-refractivity contribution in [3.05, 3.63) is 34.1 Å². The van der Waals surface area contributed by atoms with Gasteiger partial charge in [-0.3, -0.25) is 4.79 Å². The fraction of sp³-hybridized carbons (Fsp3) is 0.462. The number of nitrogens with one attached hydrogen (secondary N) is 1. The number of amides is 1. The quantitative estimate of drug-likeness (QED) is 0.927. The Labute approximate surface area is 114 Å². The maximum atomic E-state index is 13.5. The molecule has 0 radical (unpaired) electrons. The van der Waals surface area contributed by atoms with E-state index in [1.807, 2.05) is 6.92 Å². The lowest BCUT2D eigenvalue weighted by Gasteiger charge is -2.35. The average Bonchev–Trinajstić information content (AvgIpc) is 2.29. The van der Waals surface area contributed by atoms with E-state index >= 15 is 0 Å². The van der Waals surface area contributed by atoms with E-state index in [0.717, 1.165) is 12.8 Å². The first kappa shape index (κ1) is 13.5. The molecule has 1 aromatic rings. The van der Waals surface area contributed by atoms with Crippen molar-refractivity contribution in [3.63, 3.8) is 0 Å². The van der Waals surface area contributed by atoms with Crippen LogP contribution < -0.4 is 5.32 Å². The molecule has 1 aliphatic carbocycles. The molecule has 0 aromatic heterocycles. The molecule has 1 N–H and O–H groups in total. The molecule has 0 unspecified atom stereocenters. The lowest BCUT2D eigenvalue weighted by molar-refractivity contribution is -0.00865. The van der Waals surface area contributed by atoms with Gasteiger partial charge in [-0.1, -0.05) is 15.9 Å². The van der Waals surface area contributed by atoms with Crippen LogP contribution in [0.1, 0.15) is 30.1 Å². The van der Waals surface area contributed by atoms with E-state index in [-0.39, 0.29) is 23.6 Å². The Bertz CT molecular complexity index is 447. The van der Waals surface area contributed by atoms with Gasteiger partial charge >= 0.3 is 0 Å². The van der Waals surface area contributed by atoms with Crippen molar-refractivity contribution in [2.24, 2.45) is 0 Å². The molecule has 3 nitrogen and oxygen atoms in total. The van der Waals surface area contributed by atoms with Gasteiger partial charge < -0.3 is 10.1 Å². The van der Waals surface area contributed by atoms with Crippen molar-refractivity contribution in [3.8, 4) is 0 Å². The maximum Gasteiger partial charge on any atom is 0.254 e. The van der Waals surface area contributed by atoms with Crippen molar-refractivity contribution >= 4 is 21.8 Å². The Balaban J connectivity index is 1.91. The molecule has 0 spiro atoms. The predicted molar refractivity (Wildman–Crippen MR) is 70.0 cm³/mol. The highest BCUT2D eigenvalue weighted by molar-refractivity contribution is 9.10. The van der Waals surface area contributed by atoms with Crippen LogP contribution in [0.4, 0.5) is 4.39 Å². The number of carbonyl (C=O) groups excluding carboxylic acids is 1. The minimum atomic E-state index is -0.503. The highest BCUT2D eigenvalue weighted by Gasteiger charge is 2.31. The zero-order valence-corrected chi connectivity index (χ0v) is 11.7. The van der Waals surface area contributed by atoms with Gasteiger partial charge in [-0.15, -0.1) is 0 Å². The van der Waals surface area contributed by atoms with Crippen LogP contribution in [0.5, 0.6) is 0 Å². The molecule has 0 bridgehead atoms. The molecule has 0 aliphatic heterocycles. The summed E-state index contributed by atoms with van der Waals surface area (Å²) in [5, 5.41) is 2.81. The van der Waals surface area contributed by atoms with Crippen molar-refractivity contribution in [1.82, 2.24) is 5.32 Å². The third-order valence-electron chi connectivity index (χ3n) is 3.01. The van der Waals surface area contributed by atoms with Crippen LogP contribution in [0.25, 0.3) is 0 Å². The van der Waals surface area contributed by atoms with Gasteiger partial charge in [-0.25, -0.2) is 4.39 Å². The molecule has 1 aromatic carbocycles. The number of hydrogen-bond donors (Lipinski definition) is 1. The molecular formula is C13H15BrFNO2. The average molecular weight is 316 g/mol. The Hall–Kier alpha value is -0.940. The monoisotopic (exact) mass is 315 g/mol. The van der Waals surface area contributed by atoms with Gasteiger partial charge in [0.25, 0.3) is 5.91 Å². The number of ether oxygens (including phenoxy) is 1. The third-order valence-corrected chi connectivity index (χ3v) is 3.50. The van der Waals surface area contributed by atoms with Gasteiger partial charge in [0.2, 0.25) is 0 Å². The topological polar surface area (TPSA) is 38.3 Å². The first-order chi connectivity index (χ1) is 8.60. The first-order valence-corrected chi connectivity index (χ1v) is 6.77. The molecule has 98 valence electrons. The molecule has 0 saturated heterocycles. The summed E-state index contributed by atoms with van der Waals surface area (Å²) in [7, 11) is 0. The minimum absolute atomic E-state index is 0.0734. The predicted octanol–water partition coefficient (Wildman–Crippen LogP) is 2.89. The number of halogens is 2. The van der Waals surface area contributed by atoms with Crippen LogP contribution in [0.15, 0.2) is 22.7 Å². The second-order valence-electron chi connectivity index (χ2n) is 4.34. The standard InChI is InChI=1S/C13H15BrFNO2/c1-2-18-10-6-9(7-10)16-13(17)11-5-8(14)3-4-12(11)15/h3-5,9-10H,2,6-7H2,1H3,(H,16,17). The zero-order chi connectivity index (χ0) is 13.1. The van der Waals surface area contributed by atoms with E-state index in [1.165, 1.54) is 12.1 Å². The largest absolute Gasteiger partial charge is 0.378 e. The summed E-state index contributed by atoms with van der Waals surface area (Å²) in [6.45, 7) is 2.63. The SMILES string of the molecule is CCOC1CC(NC(=O)c2cc(Br)ccc2F)C1. The van der Waals surface area contributed by atoms with E-state index in [1.54, 1.807) is 6.07 Å².